The molecule has 0 aromatic heterocycles. The molecule has 5 heteroatoms. The first-order valence-electron chi connectivity index (χ1n) is 6.47. The molecule has 0 saturated carbocycles. The van der Waals surface area contributed by atoms with E-state index in [1.165, 1.54) is 0 Å². The fourth-order valence-electron chi connectivity index (χ4n) is 2.48. The Balaban J connectivity index is 2.26. The van der Waals surface area contributed by atoms with Crippen molar-refractivity contribution in [1.29, 1.82) is 0 Å². The number of rotatable bonds is 3. The van der Waals surface area contributed by atoms with Crippen LogP contribution in [-0.2, 0) is 4.74 Å². The van der Waals surface area contributed by atoms with Crippen molar-refractivity contribution in [1.82, 2.24) is 4.90 Å². The smallest absolute Gasteiger partial charge is 0.0640 e. The second-order valence-electron chi connectivity index (χ2n) is 5.37. The first kappa shape index (κ1) is 15.1. The maximum atomic E-state index is 6.45. The zero-order valence-electron chi connectivity index (χ0n) is 11.3. The standard InChI is InChI=1S/C14H20Cl2N2O/c1-14(2,18-6-8-19-9-7-18)13(17)10-4-3-5-11(15)12(10)16/h3-5,13H,6-9,17H2,1-2H3. The number of hydrogen-bond acceptors (Lipinski definition) is 3. The molecule has 1 unspecified atom stereocenters. The molecule has 19 heavy (non-hydrogen) atoms. The Morgan fingerprint density at radius 3 is 2.53 bits per heavy atom. The lowest BCUT2D eigenvalue weighted by atomic mass is 9.87. The molecular formula is C14H20Cl2N2O. The molecule has 0 spiro atoms. The van der Waals surface area contributed by atoms with Crippen LogP contribution in [0.1, 0.15) is 25.5 Å². The molecule has 3 nitrogen and oxygen atoms in total. The zero-order valence-corrected chi connectivity index (χ0v) is 12.8. The van der Waals surface area contributed by atoms with Crippen molar-refractivity contribution in [2.45, 2.75) is 25.4 Å². The Bertz CT molecular complexity index is 445. The summed E-state index contributed by atoms with van der Waals surface area (Å²) < 4.78 is 5.39. The van der Waals surface area contributed by atoms with E-state index in [1.54, 1.807) is 6.07 Å². The third-order valence-corrected chi connectivity index (χ3v) is 4.74. The van der Waals surface area contributed by atoms with Gasteiger partial charge in [-0.25, -0.2) is 0 Å². The lowest BCUT2D eigenvalue weighted by Crippen LogP contribution is -2.55. The maximum Gasteiger partial charge on any atom is 0.0640 e. The average molecular weight is 303 g/mol. The summed E-state index contributed by atoms with van der Waals surface area (Å²) in [5, 5.41) is 1.10. The van der Waals surface area contributed by atoms with E-state index in [4.69, 9.17) is 33.7 Å². The third-order valence-electron chi connectivity index (χ3n) is 3.90. The van der Waals surface area contributed by atoms with Crippen LogP contribution in [0.25, 0.3) is 0 Å². The van der Waals surface area contributed by atoms with Gasteiger partial charge in [0.05, 0.1) is 23.3 Å². The molecule has 1 saturated heterocycles. The lowest BCUT2D eigenvalue weighted by Gasteiger charge is -2.44. The monoisotopic (exact) mass is 302 g/mol. The van der Waals surface area contributed by atoms with E-state index in [0.29, 0.717) is 10.0 Å². The molecule has 1 aromatic rings. The molecule has 1 aromatic carbocycles. The summed E-state index contributed by atoms with van der Waals surface area (Å²) >= 11 is 12.4. The minimum Gasteiger partial charge on any atom is -0.379 e. The molecule has 0 amide bonds. The fourth-order valence-corrected chi connectivity index (χ4v) is 2.90. The van der Waals surface area contributed by atoms with Crippen molar-refractivity contribution < 1.29 is 4.74 Å². The highest BCUT2D eigenvalue weighted by Crippen LogP contribution is 2.36. The van der Waals surface area contributed by atoms with E-state index in [9.17, 15) is 0 Å². The molecule has 2 N–H and O–H groups in total. The molecular weight excluding hydrogens is 283 g/mol. The molecule has 0 radical (unpaired) electrons. The Labute approximate surface area is 124 Å². The summed E-state index contributed by atoms with van der Waals surface area (Å²) in [6, 6.07) is 5.42. The van der Waals surface area contributed by atoms with Gasteiger partial charge in [0.1, 0.15) is 0 Å². The summed E-state index contributed by atoms with van der Waals surface area (Å²) in [5.74, 6) is 0. The second-order valence-corrected chi connectivity index (χ2v) is 6.16. The largest absolute Gasteiger partial charge is 0.379 e. The van der Waals surface area contributed by atoms with Crippen LogP contribution >= 0.6 is 23.2 Å². The first-order chi connectivity index (χ1) is 8.94. The van der Waals surface area contributed by atoms with Gasteiger partial charge in [0, 0.05) is 24.7 Å². The number of halogens is 2. The molecule has 2 rings (SSSR count). The topological polar surface area (TPSA) is 38.5 Å². The Kier molecular flexibility index (Phi) is 4.75. The van der Waals surface area contributed by atoms with Gasteiger partial charge in [-0.3, -0.25) is 4.90 Å². The van der Waals surface area contributed by atoms with Crippen molar-refractivity contribution >= 4 is 23.2 Å². The summed E-state index contributed by atoms with van der Waals surface area (Å²) in [6.45, 7) is 7.55. The molecule has 1 atom stereocenters. The van der Waals surface area contributed by atoms with Crippen LogP contribution in [0.4, 0.5) is 0 Å². The number of nitrogens with zero attached hydrogens (tertiary/aromatic N) is 1. The number of morpholine rings is 1. The van der Waals surface area contributed by atoms with Crippen LogP contribution in [0.2, 0.25) is 10.0 Å². The molecule has 1 fully saturated rings. The van der Waals surface area contributed by atoms with Gasteiger partial charge in [0.2, 0.25) is 0 Å². The van der Waals surface area contributed by atoms with Crippen molar-refractivity contribution in [2.24, 2.45) is 5.73 Å². The van der Waals surface area contributed by atoms with Crippen molar-refractivity contribution in [3.05, 3.63) is 33.8 Å². The van der Waals surface area contributed by atoms with Crippen LogP contribution in [0.5, 0.6) is 0 Å². The van der Waals surface area contributed by atoms with Crippen LogP contribution in [0, 0.1) is 0 Å². The first-order valence-corrected chi connectivity index (χ1v) is 7.22. The van der Waals surface area contributed by atoms with Gasteiger partial charge in [-0.15, -0.1) is 0 Å². The summed E-state index contributed by atoms with van der Waals surface area (Å²) in [4.78, 5) is 2.35. The SMILES string of the molecule is CC(C)(C(N)c1cccc(Cl)c1Cl)N1CCOCC1. The molecule has 1 aliphatic heterocycles. The lowest BCUT2D eigenvalue weighted by molar-refractivity contribution is -0.0190. The predicted molar refractivity (Wildman–Crippen MR) is 79.9 cm³/mol. The summed E-state index contributed by atoms with van der Waals surface area (Å²) in [7, 11) is 0. The maximum absolute atomic E-state index is 6.45. The van der Waals surface area contributed by atoms with Crippen molar-refractivity contribution in [2.75, 3.05) is 26.3 Å². The van der Waals surface area contributed by atoms with E-state index in [1.807, 2.05) is 12.1 Å². The Morgan fingerprint density at radius 1 is 1.26 bits per heavy atom. The van der Waals surface area contributed by atoms with Crippen molar-refractivity contribution in [3.63, 3.8) is 0 Å². The summed E-state index contributed by atoms with van der Waals surface area (Å²) in [6.07, 6.45) is 0. The Morgan fingerprint density at radius 2 is 1.89 bits per heavy atom. The minimum atomic E-state index is -0.197. The average Bonchev–Trinajstić information content (AvgIpc) is 2.42. The highest BCUT2D eigenvalue weighted by atomic mass is 35.5. The number of hydrogen-bond donors (Lipinski definition) is 1. The van der Waals surface area contributed by atoms with Gasteiger partial charge in [-0.1, -0.05) is 35.3 Å². The number of ether oxygens (including phenoxy) is 1. The highest BCUT2D eigenvalue weighted by molar-refractivity contribution is 6.42. The molecule has 1 heterocycles. The fraction of sp³-hybridized carbons (Fsp3) is 0.571. The Hall–Kier alpha value is -0.320. The van der Waals surface area contributed by atoms with Crippen molar-refractivity contribution in [3.8, 4) is 0 Å². The van der Waals surface area contributed by atoms with Gasteiger partial charge in [0.15, 0.2) is 0 Å². The van der Waals surface area contributed by atoms with Gasteiger partial charge in [-0.05, 0) is 25.5 Å². The molecule has 1 aliphatic rings. The van der Waals surface area contributed by atoms with E-state index in [2.05, 4.69) is 18.7 Å². The van der Waals surface area contributed by atoms with Gasteiger partial charge in [-0.2, -0.15) is 0 Å². The minimum absolute atomic E-state index is 0.196. The van der Waals surface area contributed by atoms with Crippen LogP contribution in [-0.4, -0.2) is 36.7 Å². The zero-order chi connectivity index (χ0) is 14.0. The van der Waals surface area contributed by atoms with Gasteiger partial charge < -0.3 is 10.5 Å². The molecule has 106 valence electrons. The normalized spacial score (nSPS) is 19.4. The van der Waals surface area contributed by atoms with Crippen LogP contribution < -0.4 is 5.73 Å². The van der Waals surface area contributed by atoms with E-state index >= 15 is 0 Å². The van der Waals surface area contributed by atoms with E-state index in [0.717, 1.165) is 31.9 Å². The predicted octanol–water partition coefficient (Wildman–Crippen LogP) is 3.10. The number of nitrogens with two attached hydrogens (primary N) is 1. The second kappa shape index (κ2) is 5.98. The van der Waals surface area contributed by atoms with Crippen LogP contribution in [0.15, 0.2) is 18.2 Å². The van der Waals surface area contributed by atoms with Crippen LogP contribution in [0.3, 0.4) is 0 Å². The number of benzene rings is 1. The quantitative estimate of drug-likeness (QED) is 0.932. The molecule has 0 bridgehead atoms. The summed E-state index contributed by atoms with van der Waals surface area (Å²) in [5.41, 5.74) is 7.15. The van der Waals surface area contributed by atoms with E-state index in [-0.39, 0.29) is 11.6 Å². The third kappa shape index (κ3) is 3.06. The van der Waals surface area contributed by atoms with Gasteiger partial charge in [0.25, 0.3) is 0 Å². The molecule has 0 aliphatic carbocycles. The van der Waals surface area contributed by atoms with Gasteiger partial charge >= 0.3 is 0 Å². The highest BCUT2D eigenvalue weighted by Gasteiger charge is 2.36. The van der Waals surface area contributed by atoms with E-state index < -0.39 is 0 Å².